The van der Waals surface area contributed by atoms with E-state index in [4.69, 9.17) is 11.6 Å². The molecule has 2 aromatic rings. The Morgan fingerprint density at radius 1 is 1.12 bits per heavy atom. The minimum Gasteiger partial charge on any atom is -0.299 e. The molecule has 4 heteroatoms. The lowest BCUT2D eigenvalue weighted by atomic mass is 10.2. The summed E-state index contributed by atoms with van der Waals surface area (Å²) in [7, 11) is 0. The fourth-order valence-electron chi connectivity index (χ4n) is 1.94. The van der Waals surface area contributed by atoms with Crippen molar-refractivity contribution in [2.45, 2.75) is 32.2 Å². The quantitative estimate of drug-likeness (QED) is 0.576. The Hall–Kier alpha value is -0.800. The number of hydrogen-bond donors (Lipinski definition) is 0. The zero-order chi connectivity index (χ0) is 12.1. The van der Waals surface area contributed by atoms with Crippen molar-refractivity contribution in [2.75, 3.05) is 5.88 Å². The van der Waals surface area contributed by atoms with E-state index < -0.39 is 0 Å². The predicted octanol–water partition coefficient (Wildman–Crippen LogP) is 3.86. The van der Waals surface area contributed by atoms with Crippen LogP contribution in [0.3, 0.4) is 0 Å². The molecule has 1 aromatic heterocycles. The molecule has 2 nitrogen and oxygen atoms in total. The second-order valence-electron chi connectivity index (χ2n) is 4.09. The van der Waals surface area contributed by atoms with Gasteiger partial charge < -0.3 is 0 Å². The second kappa shape index (κ2) is 6.22. The molecule has 0 unspecified atom stereocenters. The number of unbranched alkanes of at least 4 members (excludes halogenated alkanes) is 3. The molecule has 1 heterocycles. The summed E-state index contributed by atoms with van der Waals surface area (Å²) < 4.78 is 2.97. The van der Waals surface area contributed by atoms with Gasteiger partial charge in [-0.1, -0.05) is 36.3 Å². The number of aromatic nitrogens is 1. The fourth-order valence-corrected chi connectivity index (χ4v) is 3.05. The molecule has 0 radical (unpaired) electrons. The molecule has 0 saturated heterocycles. The first-order valence-electron chi connectivity index (χ1n) is 5.97. The molecule has 0 aliphatic carbocycles. The van der Waals surface area contributed by atoms with E-state index in [2.05, 4.69) is 0 Å². The lowest BCUT2D eigenvalue weighted by molar-refractivity contribution is 0.589. The number of alkyl halides is 1. The summed E-state index contributed by atoms with van der Waals surface area (Å²) >= 11 is 6.96. The van der Waals surface area contributed by atoms with Crippen molar-refractivity contribution in [2.24, 2.45) is 0 Å². The molecule has 0 spiro atoms. The minimum atomic E-state index is 0.156. The Kier molecular flexibility index (Phi) is 4.63. The summed E-state index contributed by atoms with van der Waals surface area (Å²) in [4.78, 5) is 12.0. The molecule has 0 atom stereocenters. The first-order chi connectivity index (χ1) is 8.33. The topological polar surface area (TPSA) is 22.0 Å². The number of aryl methyl sites for hydroxylation is 1. The average molecular weight is 270 g/mol. The summed E-state index contributed by atoms with van der Waals surface area (Å²) in [6.07, 6.45) is 4.42. The molecule has 0 fully saturated rings. The third kappa shape index (κ3) is 3.11. The number of para-hydroxylation sites is 1. The van der Waals surface area contributed by atoms with Gasteiger partial charge in [0.2, 0.25) is 0 Å². The number of hydrogen-bond acceptors (Lipinski definition) is 2. The highest BCUT2D eigenvalue weighted by Crippen LogP contribution is 2.17. The van der Waals surface area contributed by atoms with Crippen LogP contribution in [0, 0.1) is 0 Å². The lowest BCUT2D eigenvalue weighted by Gasteiger charge is -2.03. The Balaban J connectivity index is 2.03. The van der Waals surface area contributed by atoms with Crippen LogP contribution in [0.1, 0.15) is 25.7 Å². The van der Waals surface area contributed by atoms with Crippen molar-refractivity contribution >= 4 is 33.2 Å². The molecule has 0 aliphatic heterocycles. The highest BCUT2D eigenvalue weighted by atomic mass is 35.5. The van der Waals surface area contributed by atoms with Gasteiger partial charge in [0.1, 0.15) is 0 Å². The number of halogens is 1. The summed E-state index contributed by atoms with van der Waals surface area (Å²) in [6, 6.07) is 7.99. The van der Waals surface area contributed by atoms with Crippen LogP contribution in [0.15, 0.2) is 29.1 Å². The van der Waals surface area contributed by atoms with Crippen molar-refractivity contribution in [3.05, 3.63) is 33.9 Å². The first kappa shape index (κ1) is 12.7. The lowest BCUT2D eigenvalue weighted by Crippen LogP contribution is -2.12. The molecular weight excluding hydrogens is 254 g/mol. The predicted molar refractivity (Wildman–Crippen MR) is 75.3 cm³/mol. The SMILES string of the molecule is O=c1sc2ccccc2n1CCCCCCCl. The molecule has 0 amide bonds. The maximum absolute atomic E-state index is 11.8. The summed E-state index contributed by atoms with van der Waals surface area (Å²) in [6.45, 7) is 0.825. The van der Waals surface area contributed by atoms with E-state index in [9.17, 15) is 4.79 Å². The highest BCUT2D eigenvalue weighted by molar-refractivity contribution is 7.16. The maximum atomic E-state index is 11.8. The molecule has 1 aromatic carbocycles. The normalized spacial score (nSPS) is 11.1. The van der Waals surface area contributed by atoms with E-state index in [1.165, 1.54) is 11.3 Å². The molecule has 0 bridgehead atoms. The average Bonchev–Trinajstić information content (AvgIpc) is 2.65. The van der Waals surface area contributed by atoms with Gasteiger partial charge in [0.15, 0.2) is 0 Å². The molecule has 0 N–H and O–H groups in total. The van der Waals surface area contributed by atoms with Gasteiger partial charge in [0, 0.05) is 12.4 Å². The summed E-state index contributed by atoms with van der Waals surface area (Å²) in [5.74, 6) is 0.737. The van der Waals surface area contributed by atoms with Gasteiger partial charge in [0.25, 0.3) is 0 Å². The van der Waals surface area contributed by atoms with Crippen molar-refractivity contribution in [3.63, 3.8) is 0 Å². The zero-order valence-corrected chi connectivity index (χ0v) is 11.3. The molecule has 17 heavy (non-hydrogen) atoms. The van der Waals surface area contributed by atoms with E-state index in [0.29, 0.717) is 0 Å². The van der Waals surface area contributed by atoms with Gasteiger partial charge in [-0.25, -0.2) is 0 Å². The van der Waals surface area contributed by atoms with Crippen molar-refractivity contribution in [1.29, 1.82) is 0 Å². The molecule has 0 aliphatic rings. The smallest absolute Gasteiger partial charge is 0.299 e. The van der Waals surface area contributed by atoms with Crippen molar-refractivity contribution in [3.8, 4) is 0 Å². The Labute approximate surface area is 110 Å². The molecule has 0 saturated carbocycles. The van der Waals surface area contributed by atoms with Crippen LogP contribution in [0.2, 0.25) is 0 Å². The van der Waals surface area contributed by atoms with Gasteiger partial charge in [-0.05, 0) is 25.0 Å². The Morgan fingerprint density at radius 2 is 1.88 bits per heavy atom. The van der Waals surface area contributed by atoms with Crippen LogP contribution < -0.4 is 4.87 Å². The molecule has 2 rings (SSSR count). The van der Waals surface area contributed by atoms with Gasteiger partial charge in [-0.2, -0.15) is 0 Å². The van der Waals surface area contributed by atoms with Crippen LogP contribution in [-0.2, 0) is 6.54 Å². The summed E-state index contributed by atoms with van der Waals surface area (Å²) in [5.41, 5.74) is 1.07. The summed E-state index contributed by atoms with van der Waals surface area (Å²) in [5, 5.41) is 0. The Morgan fingerprint density at radius 3 is 2.71 bits per heavy atom. The first-order valence-corrected chi connectivity index (χ1v) is 7.32. The van der Waals surface area contributed by atoms with Gasteiger partial charge in [-0.3, -0.25) is 9.36 Å². The van der Waals surface area contributed by atoms with Crippen molar-refractivity contribution in [1.82, 2.24) is 4.57 Å². The van der Waals surface area contributed by atoms with E-state index in [0.717, 1.165) is 48.3 Å². The highest BCUT2D eigenvalue weighted by Gasteiger charge is 2.05. The number of nitrogens with zero attached hydrogens (tertiary/aromatic N) is 1. The fraction of sp³-hybridized carbons (Fsp3) is 0.462. The van der Waals surface area contributed by atoms with Crippen molar-refractivity contribution < 1.29 is 0 Å². The number of fused-ring (bicyclic) bond motifs is 1. The number of rotatable bonds is 6. The van der Waals surface area contributed by atoms with Gasteiger partial charge in [-0.15, -0.1) is 11.6 Å². The van der Waals surface area contributed by atoms with Gasteiger partial charge in [0.05, 0.1) is 10.2 Å². The maximum Gasteiger partial charge on any atom is 0.308 e. The second-order valence-corrected chi connectivity index (χ2v) is 5.46. The van der Waals surface area contributed by atoms with Crippen LogP contribution in [-0.4, -0.2) is 10.4 Å². The number of benzene rings is 1. The van der Waals surface area contributed by atoms with E-state index in [1.807, 2.05) is 28.8 Å². The van der Waals surface area contributed by atoms with Gasteiger partial charge >= 0.3 is 4.87 Å². The monoisotopic (exact) mass is 269 g/mol. The van der Waals surface area contributed by atoms with Crippen LogP contribution in [0.25, 0.3) is 10.2 Å². The minimum absolute atomic E-state index is 0.156. The molecule has 92 valence electrons. The Bertz CT molecular complexity index is 531. The zero-order valence-electron chi connectivity index (χ0n) is 9.69. The largest absolute Gasteiger partial charge is 0.308 e. The van der Waals surface area contributed by atoms with Crippen LogP contribution >= 0.6 is 22.9 Å². The molecular formula is C13H16ClNOS. The van der Waals surface area contributed by atoms with E-state index in [1.54, 1.807) is 0 Å². The van der Waals surface area contributed by atoms with E-state index in [-0.39, 0.29) is 4.87 Å². The van der Waals surface area contributed by atoms with Crippen LogP contribution in [0.5, 0.6) is 0 Å². The van der Waals surface area contributed by atoms with Crippen LogP contribution in [0.4, 0.5) is 0 Å². The number of thiazole rings is 1. The standard InChI is InChI=1S/C13H16ClNOS/c14-9-5-1-2-6-10-15-11-7-3-4-8-12(11)17-13(15)16/h3-4,7-8H,1-2,5-6,9-10H2. The third-order valence-electron chi connectivity index (χ3n) is 2.84. The van der Waals surface area contributed by atoms with E-state index >= 15 is 0 Å². The third-order valence-corrected chi connectivity index (χ3v) is 4.07.